The van der Waals surface area contributed by atoms with Crippen LogP contribution in [0.2, 0.25) is 5.02 Å². The summed E-state index contributed by atoms with van der Waals surface area (Å²) in [5.74, 6) is -0.0974. The maximum Gasteiger partial charge on any atom is 0.290 e. The summed E-state index contributed by atoms with van der Waals surface area (Å²) in [6, 6.07) is 14.1. The molecule has 0 radical (unpaired) electrons. The van der Waals surface area contributed by atoms with Gasteiger partial charge in [0.25, 0.3) is 5.91 Å². The number of nitrogens with zero attached hydrogens (tertiary/aromatic N) is 2. The van der Waals surface area contributed by atoms with Crippen LogP contribution in [0, 0.1) is 0 Å². The summed E-state index contributed by atoms with van der Waals surface area (Å²) in [6.07, 6.45) is 0.808. The summed E-state index contributed by atoms with van der Waals surface area (Å²) in [7, 11) is 0. The van der Waals surface area contributed by atoms with E-state index >= 15 is 0 Å². The summed E-state index contributed by atoms with van der Waals surface area (Å²) < 4.78 is 11.4. The van der Waals surface area contributed by atoms with Gasteiger partial charge in [0.15, 0.2) is 5.43 Å². The molecule has 0 aliphatic carbocycles. The molecule has 0 bridgehead atoms. The van der Waals surface area contributed by atoms with E-state index in [1.807, 2.05) is 30.3 Å². The van der Waals surface area contributed by atoms with Crippen molar-refractivity contribution in [2.45, 2.75) is 12.5 Å². The molecule has 0 unspecified atom stereocenters. The lowest BCUT2D eigenvalue weighted by atomic mass is 9.98. The van der Waals surface area contributed by atoms with Gasteiger partial charge in [-0.2, -0.15) is 0 Å². The highest BCUT2D eigenvalue weighted by Crippen LogP contribution is 2.38. The zero-order valence-electron chi connectivity index (χ0n) is 17.1. The number of rotatable bonds is 5. The van der Waals surface area contributed by atoms with Crippen molar-refractivity contribution in [1.82, 2.24) is 9.80 Å². The molecule has 0 spiro atoms. The van der Waals surface area contributed by atoms with E-state index in [0.717, 1.165) is 44.8 Å². The first-order valence-corrected chi connectivity index (χ1v) is 10.9. The monoisotopic (exact) mass is 438 g/mol. The summed E-state index contributed by atoms with van der Waals surface area (Å²) in [4.78, 5) is 30.9. The van der Waals surface area contributed by atoms with Gasteiger partial charge in [0.05, 0.1) is 30.2 Å². The third-order valence-electron chi connectivity index (χ3n) is 6.02. The zero-order chi connectivity index (χ0) is 21.4. The van der Waals surface area contributed by atoms with E-state index < -0.39 is 6.04 Å². The van der Waals surface area contributed by atoms with Gasteiger partial charge in [0.2, 0.25) is 5.76 Å². The fourth-order valence-corrected chi connectivity index (χ4v) is 4.67. The van der Waals surface area contributed by atoms with Crippen LogP contribution >= 0.6 is 11.6 Å². The van der Waals surface area contributed by atoms with Crippen LogP contribution in [0.4, 0.5) is 0 Å². The molecule has 2 aliphatic heterocycles. The number of fused-ring (bicyclic) bond motifs is 2. The van der Waals surface area contributed by atoms with E-state index in [1.54, 1.807) is 23.1 Å². The standard InChI is InChI=1S/C24H23ClN2O4/c25-17-7-8-19-18(15-17)22(28)20-21(16-5-2-1-3-6-16)27(24(29)23(20)31-19)10-4-9-26-11-13-30-14-12-26/h1-3,5-8,15,21H,4,9-14H2/t21-/m0/s1. The van der Waals surface area contributed by atoms with Crippen LogP contribution in [-0.2, 0) is 4.74 Å². The smallest absolute Gasteiger partial charge is 0.290 e. The molecule has 1 aromatic heterocycles. The van der Waals surface area contributed by atoms with E-state index in [2.05, 4.69) is 4.90 Å². The topological polar surface area (TPSA) is 63.0 Å². The fourth-order valence-electron chi connectivity index (χ4n) is 4.49. The van der Waals surface area contributed by atoms with Crippen molar-refractivity contribution in [3.8, 4) is 0 Å². The zero-order valence-corrected chi connectivity index (χ0v) is 17.8. The van der Waals surface area contributed by atoms with Gasteiger partial charge in [0.1, 0.15) is 5.58 Å². The SMILES string of the molecule is O=C1c2oc3ccc(Cl)cc3c(=O)c2[C@H](c2ccccc2)N1CCCN1CCOCC1. The van der Waals surface area contributed by atoms with Crippen LogP contribution in [0.25, 0.3) is 11.0 Å². The van der Waals surface area contributed by atoms with Crippen molar-refractivity contribution >= 4 is 28.5 Å². The number of morpholine rings is 1. The Bertz CT molecular complexity index is 1170. The molecule has 1 atom stereocenters. The molecular formula is C24H23ClN2O4. The average Bonchev–Trinajstić information content (AvgIpc) is 3.08. The summed E-state index contributed by atoms with van der Waals surface area (Å²) >= 11 is 6.12. The molecule has 160 valence electrons. The number of hydrogen-bond donors (Lipinski definition) is 0. The Hall–Kier alpha value is -2.67. The molecule has 31 heavy (non-hydrogen) atoms. The van der Waals surface area contributed by atoms with Crippen LogP contribution in [0.5, 0.6) is 0 Å². The lowest BCUT2D eigenvalue weighted by Gasteiger charge is -2.29. The number of carbonyl (C=O) groups is 1. The van der Waals surface area contributed by atoms with Gasteiger partial charge in [-0.15, -0.1) is 0 Å². The summed E-state index contributed by atoms with van der Waals surface area (Å²) in [5.41, 5.74) is 1.48. The Balaban J connectivity index is 1.52. The van der Waals surface area contributed by atoms with Crippen LogP contribution in [0.1, 0.15) is 34.1 Å². The molecule has 5 rings (SSSR count). The number of hydrogen-bond acceptors (Lipinski definition) is 5. The van der Waals surface area contributed by atoms with Gasteiger partial charge >= 0.3 is 0 Å². The van der Waals surface area contributed by atoms with Crippen LogP contribution in [0.15, 0.2) is 57.7 Å². The first kappa shape index (κ1) is 20.2. The van der Waals surface area contributed by atoms with Crippen molar-refractivity contribution < 1.29 is 13.9 Å². The number of benzene rings is 2. The Morgan fingerprint density at radius 1 is 1.00 bits per heavy atom. The molecule has 2 aliphatic rings. The van der Waals surface area contributed by atoms with Gasteiger partial charge < -0.3 is 14.1 Å². The Morgan fingerprint density at radius 2 is 1.77 bits per heavy atom. The number of carbonyl (C=O) groups excluding carboxylic acids is 1. The first-order valence-electron chi connectivity index (χ1n) is 10.6. The minimum Gasteiger partial charge on any atom is -0.450 e. The van der Waals surface area contributed by atoms with Crippen molar-refractivity contribution in [1.29, 1.82) is 0 Å². The van der Waals surface area contributed by atoms with E-state index in [-0.39, 0.29) is 17.1 Å². The predicted molar refractivity (Wildman–Crippen MR) is 119 cm³/mol. The van der Waals surface area contributed by atoms with E-state index in [4.69, 9.17) is 20.8 Å². The van der Waals surface area contributed by atoms with Crippen molar-refractivity contribution in [2.24, 2.45) is 0 Å². The lowest BCUT2D eigenvalue weighted by molar-refractivity contribution is 0.0353. The largest absolute Gasteiger partial charge is 0.450 e. The average molecular weight is 439 g/mol. The van der Waals surface area contributed by atoms with E-state index in [1.165, 1.54) is 0 Å². The minimum absolute atomic E-state index is 0.139. The molecule has 0 saturated carbocycles. The summed E-state index contributed by atoms with van der Waals surface area (Å²) in [6.45, 7) is 4.72. The first-order chi connectivity index (χ1) is 15.1. The van der Waals surface area contributed by atoms with Gasteiger partial charge in [0, 0.05) is 31.2 Å². The molecule has 1 saturated heterocycles. The second-order valence-electron chi connectivity index (χ2n) is 7.93. The normalized spacial score (nSPS) is 19.2. The second-order valence-corrected chi connectivity index (χ2v) is 8.37. The predicted octanol–water partition coefficient (Wildman–Crippen LogP) is 3.71. The fraction of sp³-hybridized carbons (Fsp3) is 0.333. The third kappa shape index (κ3) is 3.76. The van der Waals surface area contributed by atoms with Crippen molar-refractivity contribution in [2.75, 3.05) is 39.4 Å². The number of amides is 1. The molecule has 0 N–H and O–H groups in total. The Morgan fingerprint density at radius 3 is 2.55 bits per heavy atom. The lowest BCUT2D eigenvalue weighted by Crippen LogP contribution is -2.38. The molecule has 7 heteroatoms. The Kier molecular flexibility index (Phi) is 5.52. The summed E-state index contributed by atoms with van der Waals surface area (Å²) in [5, 5.41) is 0.859. The highest BCUT2D eigenvalue weighted by atomic mass is 35.5. The van der Waals surface area contributed by atoms with E-state index in [9.17, 15) is 9.59 Å². The maximum atomic E-state index is 13.4. The number of ether oxygens (including phenoxy) is 1. The van der Waals surface area contributed by atoms with Crippen LogP contribution in [0.3, 0.4) is 0 Å². The van der Waals surface area contributed by atoms with E-state index in [0.29, 0.717) is 28.1 Å². The Labute approximate surface area is 185 Å². The van der Waals surface area contributed by atoms with Gasteiger partial charge in [-0.05, 0) is 30.2 Å². The highest BCUT2D eigenvalue weighted by molar-refractivity contribution is 6.31. The van der Waals surface area contributed by atoms with Gasteiger partial charge in [-0.3, -0.25) is 14.5 Å². The van der Waals surface area contributed by atoms with Crippen molar-refractivity contribution in [3.63, 3.8) is 0 Å². The quantitative estimate of drug-likeness (QED) is 0.607. The molecule has 1 amide bonds. The van der Waals surface area contributed by atoms with Gasteiger partial charge in [-0.25, -0.2) is 0 Å². The van der Waals surface area contributed by atoms with Crippen LogP contribution < -0.4 is 5.43 Å². The van der Waals surface area contributed by atoms with Gasteiger partial charge in [-0.1, -0.05) is 41.9 Å². The van der Waals surface area contributed by atoms with Crippen LogP contribution in [-0.4, -0.2) is 55.1 Å². The molecule has 6 nitrogen and oxygen atoms in total. The molecule has 3 aromatic rings. The van der Waals surface area contributed by atoms with Crippen molar-refractivity contribution in [3.05, 3.63) is 80.7 Å². The highest BCUT2D eigenvalue weighted by Gasteiger charge is 2.42. The molecule has 1 fully saturated rings. The number of halogens is 1. The third-order valence-corrected chi connectivity index (χ3v) is 6.26. The molecule has 3 heterocycles. The maximum absolute atomic E-state index is 13.4. The minimum atomic E-state index is -0.465. The molecular weight excluding hydrogens is 416 g/mol. The second kappa shape index (κ2) is 8.46. The molecule has 2 aromatic carbocycles.